The van der Waals surface area contributed by atoms with Crippen LogP contribution in [0.25, 0.3) is 11.4 Å². The van der Waals surface area contributed by atoms with Crippen LogP contribution in [0.3, 0.4) is 0 Å². The summed E-state index contributed by atoms with van der Waals surface area (Å²) in [5.74, 6) is 0.467. The van der Waals surface area contributed by atoms with Crippen LogP contribution >= 0.6 is 11.6 Å². The molecule has 0 saturated carbocycles. The Morgan fingerprint density at radius 1 is 1.32 bits per heavy atom. The molecule has 0 bridgehead atoms. The number of carbonyl (C=O) groups is 1. The number of hydrogen-bond donors (Lipinski definition) is 1. The van der Waals surface area contributed by atoms with E-state index in [1.165, 1.54) is 12.1 Å². The van der Waals surface area contributed by atoms with Crippen LogP contribution in [0.1, 0.15) is 30.2 Å². The van der Waals surface area contributed by atoms with Gasteiger partial charge in [-0.15, -0.1) is 0 Å². The third-order valence-corrected chi connectivity index (χ3v) is 5.45. The van der Waals surface area contributed by atoms with E-state index in [0.717, 1.165) is 19.4 Å². The van der Waals surface area contributed by atoms with E-state index in [4.69, 9.17) is 21.4 Å². The van der Waals surface area contributed by atoms with Crippen molar-refractivity contribution in [3.63, 3.8) is 0 Å². The number of benzene rings is 2. The van der Waals surface area contributed by atoms with Crippen LogP contribution < -0.4 is 5.32 Å². The van der Waals surface area contributed by atoms with Gasteiger partial charge in [0.05, 0.1) is 23.0 Å². The summed E-state index contributed by atoms with van der Waals surface area (Å²) in [6.07, 6.45) is 1.78. The van der Waals surface area contributed by atoms with Crippen LogP contribution in [0.15, 0.2) is 47.0 Å². The molecule has 4 rings (SSSR count). The smallest absolute Gasteiger partial charge is 0.238 e. The van der Waals surface area contributed by atoms with Crippen molar-refractivity contribution < 1.29 is 13.7 Å². The molecular formula is C22H19ClFN5O2. The highest BCUT2D eigenvalue weighted by Gasteiger charge is 2.27. The molecule has 1 N–H and O–H groups in total. The normalized spacial score (nSPS) is 16.6. The molecule has 9 heteroatoms. The number of rotatable bonds is 5. The minimum Gasteiger partial charge on any atom is -0.339 e. The predicted molar refractivity (Wildman–Crippen MR) is 113 cm³/mol. The van der Waals surface area contributed by atoms with Crippen LogP contribution in [0.2, 0.25) is 5.02 Å². The Balaban J connectivity index is 1.36. The molecule has 1 atom stereocenters. The topological polar surface area (TPSA) is 95.1 Å². The second-order valence-corrected chi connectivity index (χ2v) is 7.80. The monoisotopic (exact) mass is 439 g/mol. The molecule has 1 aliphatic rings. The molecule has 158 valence electrons. The molecule has 1 unspecified atom stereocenters. The molecule has 3 aromatic rings. The lowest BCUT2D eigenvalue weighted by atomic mass is 9.98. The molecule has 1 aliphatic heterocycles. The number of aromatic nitrogens is 2. The molecule has 1 saturated heterocycles. The fourth-order valence-corrected chi connectivity index (χ4v) is 3.83. The second kappa shape index (κ2) is 9.25. The maximum absolute atomic E-state index is 13.1. The van der Waals surface area contributed by atoms with Crippen molar-refractivity contribution in [2.75, 3.05) is 25.0 Å². The Labute approximate surface area is 183 Å². The first kappa shape index (κ1) is 21.0. The summed E-state index contributed by atoms with van der Waals surface area (Å²) in [5.41, 5.74) is 1.59. The summed E-state index contributed by atoms with van der Waals surface area (Å²) < 4.78 is 18.6. The third kappa shape index (κ3) is 5.08. The molecule has 31 heavy (non-hydrogen) atoms. The zero-order valence-electron chi connectivity index (χ0n) is 16.5. The Bertz CT molecular complexity index is 1130. The standard InChI is InChI=1S/C22H19ClFN5O2/c23-19-10-18(8-5-15(19)11-25)26-20(30)13-29-9-1-2-16(12-29)22-27-21(28-31-22)14-3-6-17(24)7-4-14/h3-8,10,16H,1-2,9,12-13H2,(H,26,30). The average molecular weight is 440 g/mol. The van der Waals surface area contributed by atoms with Gasteiger partial charge >= 0.3 is 0 Å². The average Bonchev–Trinajstić information content (AvgIpc) is 3.25. The minimum absolute atomic E-state index is 0.0209. The minimum atomic E-state index is -0.322. The zero-order chi connectivity index (χ0) is 21.8. The Kier molecular flexibility index (Phi) is 6.26. The van der Waals surface area contributed by atoms with Crippen LogP contribution in [0.5, 0.6) is 0 Å². The van der Waals surface area contributed by atoms with E-state index >= 15 is 0 Å². The number of amides is 1. The molecule has 1 amide bonds. The number of likely N-dealkylation sites (tertiary alicyclic amines) is 1. The van der Waals surface area contributed by atoms with E-state index in [0.29, 0.717) is 40.1 Å². The van der Waals surface area contributed by atoms with E-state index in [1.54, 1.807) is 30.3 Å². The lowest BCUT2D eigenvalue weighted by Gasteiger charge is -2.30. The van der Waals surface area contributed by atoms with Gasteiger partial charge in [-0.3, -0.25) is 9.69 Å². The van der Waals surface area contributed by atoms with E-state index < -0.39 is 0 Å². The van der Waals surface area contributed by atoms with Gasteiger partial charge in [-0.05, 0) is 61.9 Å². The van der Waals surface area contributed by atoms with Gasteiger partial charge in [0.1, 0.15) is 11.9 Å². The van der Waals surface area contributed by atoms with E-state index in [-0.39, 0.29) is 24.2 Å². The van der Waals surface area contributed by atoms with Crippen molar-refractivity contribution in [2.24, 2.45) is 0 Å². The van der Waals surface area contributed by atoms with Gasteiger partial charge in [0.25, 0.3) is 0 Å². The Morgan fingerprint density at radius 2 is 2.13 bits per heavy atom. The van der Waals surface area contributed by atoms with Crippen LogP contribution in [-0.2, 0) is 4.79 Å². The Hall–Kier alpha value is -3.28. The lowest BCUT2D eigenvalue weighted by Crippen LogP contribution is -2.39. The Morgan fingerprint density at radius 3 is 2.87 bits per heavy atom. The molecule has 1 aromatic heterocycles. The number of nitriles is 1. The molecular weight excluding hydrogens is 421 g/mol. The predicted octanol–water partition coefficient (Wildman–Crippen LogP) is 4.22. The molecule has 0 radical (unpaired) electrons. The first-order chi connectivity index (χ1) is 15.0. The number of carbonyl (C=O) groups excluding carboxylic acids is 1. The summed E-state index contributed by atoms with van der Waals surface area (Å²) in [5, 5.41) is 16.1. The number of anilines is 1. The largest absolute Gasteiger partial charge is 0.339 e. The summed E-state index contributed by atoms with van der Waals surface area (Å²) in [4.78, 5) is 19.0. The van der Waals surface area contributed by atoms with E-state index in [2.05, 4.69) is 15.5 Å². The fraction of sp³-hybridized carbons (Fsp3) is 0.273. The number of hydrogen-bond acceptors (Lipinski definition) is 6. The summed E-state index contributed by atoms with van der Waals surface area (Å²) in [6.45, 7) is 1.62. The quantitative estimate of drug-likeness (QED) is 0.639. The van der Waals surface area contributed by atoms with Gasteiger partial charge < -0.3 is 9.84 Å². The number of nitrogens with one attached hydrogen (secondary N) is 1. The number of halogens is 2. The maximum Gasteiger partial charge on any atom is 0.238 e. The fourth-order valence-electron chi connectivity index (χ4n) is 3.61. The first-order valence-corrected chi connectivity index (χ1v) is 10.2. The van der Waals surface area contributed by atoms with Crippen molar-refractivity contribution >= 4 is 23.2 Å². The summed E-state index contributed by atoms with van der Waals surface area (Å²) in [7, 11) is 0. The molecule has 0 spiro atoms. The van der Waals surface area contributed by atoms with E-state index in [9.17, 15) is 9.18 Å². The summed E-state index contributed by atoms with van der Waals surface area (Å²) in [6, 6.07) is 12.7. The molecule has 2 heterocycles. The number of piperidine rings is 1. The van der Waals surface area contributed by atoms with Crippen LogP contribution in [0, 0.1) is 17.1 Å². The number of nitrogens with zero attached hydrogens (tertiary/aromatic N) is 4. The highest BCUT2D eigenvalue weighted by molar-refractivity contribution is 6.32. The van der Waals surface area contributed by atoms with Gasteiger partial charge in [0.2, 0.25) is 17.6 Å². The second-order valence-electron chi connectivity index (χ2n) is 7.39. The van der Waals surface area contributed by atoms with Crippen molar-refractivity contribution in [1.82, 2.24) is 15.0 Å². The zero-order valence-corrected chi connectivity index (χ0v) is 17.3. The maximum atomic E-state index is 13.1. The highest BCUT2D eigenvalue weighted by Crippen LogP contribution is 2.28. The van der Waals surface area contributed by atoms with Gasteiger partial charge in [0.15, 0.2) is 0 Å². The van der Waals surface area contributed by atoms with Crippen LogP contribution in [0.4, 0.5) is 10.1 Å². The van der Waals surface area contributed by atoms with E-state index in [1.807, 2.05) is 11.0 Å². The van der Waals surface area contributed by atoms with Gasteiger partial charge in [-0.1, -0.05) is 16.8 Å². The summed E-state index contributed by atoms with van der Waals surface area (Å²) >= 11 is 6.02. The molecule has 7 nitrogen and oxygen atoms in total. The molecule has 2 aromatic carbocycles. The lowest BCUT2D eigenvalue weighted by molar-refractivity contribution is -0.117. The van der Waals surface area contributed by atoms with Crippen molar-refractivity contribution in [3.8, 4) is 17.5 Å². The van der Waals surface area contributed by atoms with Crippen molar-refractivity contribution in [3.05, 3.63) is 64.8 Å². The third-order valence-electron chi connectivity index (χ3n) is 5.14. The van der Waals surface area contributed by atoms with Gasteiger partial charge in [-0.2, -0.15) is 10.2 Å². The SMILES string of the molecule is N#Cc1ccc(NC(=O)CN2CCCC(c3nc(-c4ccc(F)cc4)no3)C2)cc1Cl. The van der Waals surface area contributed by atoms with Crippen molar-refractivity contribution in [2.45, 2.75) is 18.8 Å². The highest BCUT2D eigenvalue weighted by atomic mass is 35.5. The molecule has 0 aliphatic carbocycles. The van der Waals surface area contributed by atoms with Crippen LogP contribution in [-0.4, -0.2) is 40.6 Å². The first-order valence-electron chi connectivity index (χ1n) is 9.83. The van der Waals surface area contributed by atoms with Crippen molar-refractivity contribution in [1.29, 1.82) is 5.26 Å². The molecule has 1 fully saturated rings. The van der Waals surface area contributed by atoms with Gasteiger partial charge in [-0.25, -0.2) is 4.39 Å². The van der Waals surface area contributed by atoms with Gasteiger partial charge in [0, 0.05) is 17.8 Å².